The van der Waals surface area contributed by atoms with Gasteiger partial charge >= 0.3 is 6.09 Å². The smallest absolute Gasteiger partial charge is 0.410 e. The highest BCUT2D eigenvalue weighted by Gasteiger charge is 2.24. The molecule has 1 aliphatic heterocycles. The van der Waals surface area contributed by atoms with Crippen LogP contribution in [0.25, 0.3) is 5.69 Å². The van der Waals surface area contributed by atoms with Crippen molar-refractivity contribution in [2.24, 2.45) is 0 Å². The summed E-state index contributed by atoms with van der Waals surface area (Å²) >= 11 is 0. The summed E-state index contributed by atoms with van der Waals surface area (Å²) in [7, 11) is 0. The topological polar surface area (TPSA) is 68.6 Å². The molecule has 1 saturated heterocycles. The molecule has 0 bridgehead atoms. The maximum atomic E-state index is 12.4. The van der Waals surface area contributed by atoms with Gasteiger partial charge in [-0.3, -0.25) is 0 Å². The van der Waals surface area contributed by atoms with E-state index >= 15 is 0 Å². The van der Waals surface area contributed by atoms with Gasteiger partial charge in [-0.15, -0.1) is 0 Å². The number of carbonyl (C=O) groups is 1. The molecule has 1 fully saturated rings. The molecule has 30 heavy (non-hydrogen) atoms. The number of hydrogen-bond acceptors (Lipinski definition) is 5. The minimum Gasteiger partial charge on any atom is -0.494 e. The van der Waals surface area contributed by atoms with E-state index in [1.165, 1.54) is 0 Å². The summed E-state index contributed by atoms with van der Waals surface area (Å²) in [6, 6.07) is 17.8. The Labute approximate surface area is 176 Å². The van der Waals surface area contributed by atoms with E-state index in [0.717, 1.165) is 30.0 Å². The Morgan fingerprint density at radius 1 is 1.13 bits per heavy atom. The number of carbonyl (C=O) groups excluding carboxylic acids is 1. The van der Waals surface area contributed by atoms with Crippen molar-refractivity contribution in [3.8, 4) is 11.4 Å². The molecule has 1 atom stereocenters. The summed E-state index contributed by atoms with van der Waals surface area (Å²) in [6.07, 6.45) is 5.97. The van der Waals surface area contributed by atoms with Crippen molar-refractivity contribution >= 4 is 6.09 Å². The van der Waals surface area contributed by atoms with E-state index in [4.69, 9.17) is 9.47 Å². The molecule has 0 radical (unpaired) electrons. The number of rotatable bonds is 7. The van der Waals surface area contributed by atoms with Crippen LogP contribution in [0.4, 0.5) is 4.79 Å². The van der Waals surface area contributed by atoms with Gasteiger partial charge in [0.2, 0.25) is 0 Å². The van der Waals surface area contributed by atoms with Gasteiger partial charge in [-0.1, -0.05) is 30.3 Å². The zero-order valence-electron chi connectivity index (χ0n) is 16.8. The van der Waals surface area contributed by atoms with Crippen molar-refractivity contribution in [3.05, 3.63) is 78.9 Å². The molecule has 2 heterocycles. The second-order valence-corrected chi connectivity index (χ2v) is 7.24. The van der Waals surface area contributed by atoms with Gasteiger partial charge in [0.1, 0.15) is 12.4 Å². The normalized spacial score (nSPS) is 16.3. The van der Waals surface area contributed by atoms with Crippen LogP contribution in [0.15, 0.2) is 73.3 Å². The molecular formula is C23H26N4O3. The SMILES string of the molecule is O=C(OCc1ccccc1)N1CCN[C@H](CCOc2ccc(-n3ccnc3)cc2)C1. The highest BCUT2D eigenvalue weighted by molar-refractivity contribution is 5.67. The lowest BCUT2D eigenvalue weighted by molar-refractivity contribution is 0.0827. The van der Waals surface area contributed by atoms with Crippen molar-refractivity contribution in [2.75, 3.05) is 26.2 Å². The fourth-order valence-corrected chi connectivity index (χ4v) is 3.44. The van der Waals surface area contributed by atoms with Gasteiger partial charge < -0.3 is 24.3 Å². The first kappa shape index (κ1) is 20.0. The summed E-state index contributed by atoms with van der Waals surface area (Å²) in [4.78, 5) is 18.2. The van der Waals surface area contributed by atoms with Gasteiger partial charge in [0.15, 0.2) is 0 Å². The third-order valence-electron chi connectivity index (χ3n) is 5.09. The third kappa shape index (κ3) is 5.39. The van der Waals surface area contributed by atoms with Crippen molar-refractivity contribution in [1.82, 2.24) is 19.8 Å². The van der Waals surface area contributed by atoms with Gasteiger partial charge in [0.25, 0.3) is 0 Å². The van der Waals surface area contributed by atoms with Crippen LogP contribution >= 0.6 is 0 Å². The molecule has 7 nitrogen and oxygen atoms in total. The molecule has 7 heteroatoms. The minimum atomic E-state index is -0.263. The van der Waals surface area contributed by atoms with E-state index in [9.17, 15) is 4.79 Å². The molecule has 2 aromatic carbocycles. The monoisotopic (exact) mass is 406 g/mol. The molecule has 0 spiro atoms. The van der Waals surface area contributed by atoms with Crippen molar-refractivity contribution in [3.63, 3.8) is 0 Å². The van der Waals surface area contributed by atoms with E-state index in [1.54, 1.807) is 17.4 Å². The Morgan fingerprint density at radius 3 is 2.73 bits per heavy atom. The standard InChI is InChI=1S/C23H26N4O3/c28-23(30-17-19-4-2-1-3-5-19)26-14-12-25-20(16-26)10-15-29-22-8-6-21(7-9-22)27-13-11-24-18-27/h1-9,11,13,18,20,25H,10,12,14-17H2/t20-/m1/s1. The first-order valence-corrected chi connectivity index (χ1v) is 10.2. The largest absolute Gasteiger partial charge is 0.494 e. The number of benzene rings is 2. The fourth-order valence-electron chi connectivity index (χ4n) is 3.44. The molecule has 1 amide bonds. The van der Waals surface area contributed by atoms with Gasteiger partial charge in [-0.05, 0) is 36.2 Å². The summed E-state index contributed by atoms with van der Waals surface area (Å²) in [5.74, 6) is 0.828. The Balaban J connectivity index is 1.20. The van der Waals surface area contributed by atoms with Gasteiger partial charge in [0, 0.05) is 43.8 Å². The average Bonchev–Trinajstić information content (AvgIpc) is 3.34. The number of piperazine rings is 1. The molecule has 0 saturated carbocycles. The Kier molecular flexibility index (Phi) is 6.61. The Bertz CT molecular complexity index is 913. The number of imidazole rings is 1. The summed E-state index contributed by atoms with van der Waals surface area (Å²) in [6.45, 7) is 2.91. The van der Waals surface area contributed by atoms with Crippen molar-refractivity contribution in [2.45, 2.75) is 19.1 Å². The van der Waals surface area contributed by atoms with Crippen LogP contribution in [0, 0.1) is 0 Å². The van der Waals surface area contributed by atoms with Crippen LogP contribution in [-0.4, -0.2) is 52.8 Å². The van der Waals surface area contributed by atoms with E-state index in [-0.39, 0.29) is 12.1 Å². The second kappa shape index (κ2) is 9.93. The first-order valence-electron chi connectivity index (χ1n) is 10.2. The predicted molar refractivity (Wildman–Crippen MR) is 114 cm³/mol. The van der Waals surface area contributed by atoms with Crippen molar-refractivity contribution < 1.29 is 14.3 Å². The lowest BCUT2D eigenvalue weighted by Gasteiger charge is -2.33. The molecule has 4 rings (SSSR count). The predicted octanol–water partition coefficient (Wildman–Crippen LogP) is 3.25. The minimum absolute atomic E-state index is 0.188. The number of ether oxygens (including phenoxy) is 2. The quantitative estimate of drug-likeness (QED) is 0.652. The van der Waals surface area contributed by atoms with E-state index in [2.05, 4.69) is 10.3 Å². The first-order chi connectivity index (χ1) is 14.8. The Morgan fingerprint density at radius 2 is 1.97 bits per heavy atom. The number of nitrogens with zero attached hydrogens (tertiary/aromatic N) is 3. The highest BCUT2D eigenvalue weighted by atomic mass is 16.6. The van der Waals surface area contributed by atoms with Crippen LogP contribution in [-0.2, 0) is 11.3 Å². The number of amides is 1. The zero-order chi connectivity index (χ0) is 20.6. The number of aromatic nitrogens is 2. The van der Waals surface area contributed by atoms with E-state index in [1.807, 2.05) is 65.4 Å². The van der Waals surface area contributed by atoms with Crippen LogP contribution in [0.3, 0.4) is 0 Å². The van der Waals surface area contributed by atoms with E-state index in [0.29, 0.717) is 26.3 Å². The molecule has 1 N–H and O–H groups in total. The molecule has 1 aromatic heterocycles. The average molecular weight is 406 g/mol. The maximum absolute atomic E-state index is 12.4. The molecule has 1 aliphatic rings. The second-order valence-electron chi connectivity index (χ2n) is 7.24. The molecular weight excluding hydrogens is 380 g/mol. The number of nitrogens with one attached hydrogen (secondary N) is 1. The molecule has 0 aliphatic carbocycles. The zero-order valence-corrected chi connectivity index (χ0v) is 16.8. The Hall–Kier alpha value is -3.32. The van der Waals surface area contributed by atoms with Crippen molar-refractivity contribution in [1.29, 1.82) is 0 Å². The van der Waals surface area contributed by atoms with Gasteiger partial charge in [-0.25, -0.2) is 9.78 Å². The van der Waals surface area contributed by atoms with Crippen LogP contribution in [0.1, 0.15) is 12.0 Å². The molecule has 3 aromatic rings. The van der Waals surface area contributed by atoms with E-state index < -0.39 is 0 Å². The maximum Gasteiger partial charge on any atom is 0.410 e. The summed E-state index contributed by atoms with van der Waals surface area (Å²) < 4.78 is 13.3. The lowest BCUT2D eigenvalue weighted by Crippen LogP contribution is -2.53. The highest BCUT2D eigenvalue weighted by Crippen LogP contribution is 2.16. The van der Waals surface area contributed by atoms with Gasteiger partial charge in [0.05, 0.1) is 12.9 Å². The molecule has 0 unspecified atom stereocenters. The van der Waals surface area contributed by atoms with Crippen LogP contribution < -0.4 is 10.1 Å². The fraction of sp³-hybridized carbons (Fsp3) is 0.304. The van der Waals surface area contributed by atoms with Crippen LogP contribution in [0.5, 0.6) is 5.75 Å². The number of hydrogen-bond donors (Lipinski definition) is 1. The molecule has 156 valence electrons. The summed E-state index contributed by atoms with van der Waals surface area (Å²) in [5.41, 5.74) is 2.03. The van der Waals surface area contributed by atoms with Crippen LogP contribution in [0.2, 0.25) is 0 Å². The third-order valence-corrected chi connectivity index (χ3v) is 5.09. The lowest BCUT2D eigenvalue weighted by atomic mass is 10.1. The van der Waals surface area contributed by atoms with Gasteiger partial charge in [-0.2, -0.15) is 0 Å². The summed E-state index contributed by atoms with van der Waals surface area (Å²) in [5, 5.41) is 3.45.